The van der Waals surface area contributed by atoms with Crippen molar-refractivity contribution < 1.29 is 4.79 Å². The first-order chi connectivity index (χ1) is 15.1. The minimum Gasteiger partial charge on any atom is -0.379 e. The molecule has 3 aromatic rings. The smallest absolute Gasteiger partial charge is 0.187 e. The molecular formula is C22H21N7OS. The van der Waals surface area contributed by atoms with Crippen molar-refractivity contribution in [2.45, 2.75) is 12.0 Å². The Morgan fingerprint density at radius 1 is 1.16 bits per heavy atom. The molecule has 2 N–H and O–H groups in total. The van der Waals surface area contributed by atoms with E-state index in [4.69, 9.17) is 10.7 Å². The topological polar surface area (TPSA) is 110 Å². The van der Waals surface area contributed by atoms with E-state index >= 15 is 0 Å². The molecule has 4 heterocycles. The molecule has 0 bridgehead atoms. The number of rotatable bonds is 5. The van der Waals surface area contributed by atoms with Gasteiger partial charge in [0.2, 0.25) is 0 Å². The molecule has 0 spiro atoms. The second-order valence-electron chi connectivity index (χ2n) is 7.72. The van der Waals surface area contributed by atoms with Gasteiger partial charge in [0.05, 0.1) is 12.4 Å². The first kappa shape index (κ1) is 19.6. The normalized spacial score (nSPS) is 22.6. The van der Waals surface area contributed by atoms with E-state index in [1.807, 2.05) is 12.1 Å². The van der Waals surface area contributed by atoms with Crippen molar-refractivity contribution in [3.8, 4) is 0 Å². The average molecular weight is 432 g/mol. The maximum atomic E-state index is 12.6. The van der Waals surface area contributed by atoms with E-state index in [2.05, 4.69) is 37.0 Å². The molecule has 2 aliphatic rings. The summed E-state index contributed by atoms with van der Waals surface area (Å²) in [5, 5.41) is 0.596. The number of carbonyl (C=O) groups is 1. The van der Waals surface area contributed by atoms with Crippen LogP contribution < -0.4 is 10.6 Å². The Morgan fingerprint density at radius 2 is 2.00 bits per heavy atom. The third-order valence-corrected chi connectivity index (χ3v) is 6.76. The maximum absolute atomic E-state index is 12.6. The molecule has 8 nitrogen and oxygen atoms in total. The van der Waals surface area contributed by atoms with Crippen LogP contribution in [-0.4, -0.2) is 49.7 Å². The summed E-state index contributed by atoms with van der Waals surface area (Å²) in [5.41, 5.74) is 8.07. The second kappa shape index (κ2) is 8.07. The Balaban J connectivity index is 1.48. The molecule has 156 valence electrons. The number of hydrogen-bond donors (Lipinski definition) is 1. The van der Waals surface area contributed by atoms with Gasteiger partial charge >= 0.3 is 0 Å². The van der Waals surface area contributed by atoms with Gasteiger partial charge in [-0.25, -0.2) is 15.0 Å². The Morgan fingerprint density at radius 3 is 2.77 bits per heavy atom. The number of anilines is 1. The van der Waals surface area contributed by atoms with Crippen LogP contribution in [0.25, 0.3) is 0 Å². The summed E-state index contributed by atoms with van der Waals surface area (Å²) < 4.78 is 0. The number of Topliss-reactive ketones (excluding diaryl/α,β-unsaturated/α-hetero) is 1. The Bertz CT molecular complexity index is 1120. The molecule has 0 amide bonds. The highest BCUT2D eigenvalue weighted by atomic mass is 32.2. The molecule has 2 atom stereocenters. The third-order valence-electron chi connectivity index (χ3n) is 5.80. The standard InChI is InChI=1S/C22H21N7OS/c23-21-28-22(14-29(12-17(22)13-31-21)20-11-25-5-7-27-20)16-3-1-2-15(8-16)9-19(30)18-10-24-4-6-26-18/h1-8,10-11,17H,9,12-14H2,(H2,23,28)/t17-,22+/m0/s1. The fourth-order valence-corrected chi connectivity index (χ4v) is 5.30. The highest BCUT2D eigenvalue weighted by Gasteiger charge is 2.50. The number of amidine groups is 1. The lowest BCUT2D eigenvalue weighted by Gasteiger charge is -2.35. The molecule has 31 heavy (non-hydrogen) atoms. The Labute approximate surface area is 184 Å². The van der Waals surface area contributed by atoms with Crippen LogP contribution in [0.3, 0.4) is 0 Å². The van der Waals surface area contributed by atoms with Crippen LogP contribution in [0.5, 0.6) is 0 Å². The van der Waals surface area contributed by atoms with Crippen LogP contribution in [0.15, 0.2) is 66.4 Å². The number of thioether (sulfide) groups is 1. The van der Waals surface area contributed by atoms with Crippen LogP contribution in [0.4, 0.5) is 5.82 Å². The summed E-state index contributed by atoms with van der Waals surface area (Å²) in [4.78, 5) is 36.6. The number of aromatic nitrogens is 4. The fraction of sp³-hybridized carbons (Fsp3) is 0.273. The van der Waals surface area contributed by atoms with Gasteiger partial charge < -0.3 is 10.6 Å². The van der Waals surface area contributed by atoms with Gasteiger partial charge in [0.15, 0.2) is 11.0 Å². The predicted octanol–water partition coefficient (Wildman–Crippen LogP) is 2.09. The van der Waals surface area contributed by atoms with Gasteiger partial charge in [0.1, 0.15) is 17.1 Å². The van der Waals surface area contributed by atoms with E-state index in [0.717, 1.165) is 29.2 Å². The van der Waals surface area contributed by atoms with E-state index in [-0.39, 0.29) is 18.1 Å². The van der Waals surface area contributed by atoms with Crippen LogP contribution >= 0.6 is 11.8 Å². The van der Waals surface area contributed by atoms with Gasteiger partial charge in [-0.1, -0.05) is 36.0 Å². The van der Waals surface area contributed by atoms with E-state index in [0.29, 0.717) is 17.4 Å². The van der Waals surface area contributed by atoms with E-state index in [9.17, 15) is 4.79 Å². The molecule has 1 aromatic carbocycles. The summed E-state index contributed by atoms with van der Waals surface area (Å²) >= 11 is 1.59. The number of fused-ring (bicyclic) bond motifs is 1. The maximum Gasteiger partial charge on any atom is 0.187 e. The highest BCUT2D eigenvalue weighted by molar-refractivity contribution is 8.13. The van der Waals surface area contributed by atoms with Crippen molar-refractivity contribution in [1.29, 1.82) is 0 Å². The Hall–Kier alpha value is -3.33. The van der Waals surface area contributed by atoms with Crippen molar-refractivity contribution in [1.82, 2.24) is 19.9 Å². The van der Waals surface area contributed by atoms with Gasteiger partial charge in [-0.05, 0) is 11.1 Å². The molecule has 1 saturated heterocycles. The summed E-state index contributed by atoms with van der Waals surface area (Å²) in [7, 11) is 0. The number of ketones is 1. The highest BCUT2D eigenvalue weighted by Crippen LogP contribution is 2.46. The quantitative estimate of drug-likeness (QED) is 0.612. The number of benzene rings is 1. The third kappa shape index (κ3) is 3.76. The van der Waals surface area contributed by atoms with Gasteiger partial charge in [-0.2, -0.15) is 0 Å². The summed E-state index contributed by atoms with van der Waals surface area (Å²) in [6.45, 7) is 1.49. The zero-order chi connectivity index (χ0) is 21.3. The number of nitrogens with two attached hydrogens (primary N) is 1. The molecule has 1 fully saturated rings. The van der Waals surface area contributed by atoms with Gasteiger partial charge in [0, 0.05) is 56.0 Å². The Kier molecular flexibility index (Phi) is 5.11. The van der Waals surface area contributed by atoms with Crippen molar-refractivity contribution in [2.24, 2.45) is 16.6 Å². The summed E-state index contributed by atoms with van der Waals surface area (Å²) in [6.07, 6.45) is 10.0. The fourth-order valence-electron chi connectivity index (χ4n) is 4.32. The van der Waals surface area contributed by atoms with Crippen LogP contribution in [0, 0.1) is 5.92 Å². The van der Waals surface area contributed by atoms with E-state index in [1.165, 1.54) is 12.4 Å². The van der Waals surface area contributed by atoms with Crippen molar-refractivity contribution in [3.63, 3.8) is 0 Å². The van der Waals surface area contributed by atoms with E-state index < -0.39 is 5.54 Å². The van der Waals surface area contributed by atoms with Crippen LogP contribution in [0.2, 0.25) is 0 Å². The molecular weight excluding hydrogens is 410 g/mol. The molecule has 5 rings (SSSR count). The molecule has 0 radical (unpaired) electrons. The largest absolute Gasteiger partial charge is 0.379 e. The molecule has 2 aromatic heterocycles. The summed E-state index contributed by atoms with van der Waals surface area (Å²) in [5.74, 6) is 1.94. The van der Waals surface area contributed by atoms with Crippen molar-refractivity contribution in [2.75, 3.05) is 23.7 Å². The minimum absolute atomic E-state index is 0.0610. The first-order valence-corrected chi connectivity index (χ1v) is 11.0. The van der Waals surface area contributed by atoms with E-state index in [1.54, 1.807) is 36.5 Å². The van der Waals surface area contributed by atoms with Gasteiger partial charge in [-0.15, -0.1) is 0 Å². The number of carbonyl (C=O) groups excluding carboxylic acids is 1. The molecule has 9 heteroatoms. The lowest BCUT2D eigenvalue weighted by molar-refractivity contribution is 0.0987. The second-order valence-corrected chi connectivity index (χ2v) is 8.76. The van der Waals surface area contributed by atoms with Crippen LogP contribution in [0.1, 0.15) is 21.6 Å². The average Bonchev–Trinajstić information content (AvgIpc) is 3.20. The van der Waals surface area contributed by atoms with Crippen LogP contribution in [-0.2, 0) is 12.0 Å². The van der Waals surface area contributed by atoms with Gasteiger partial charge in [0.25, 0.3) is 0 Å². The molecule has 0 aliphatic carbocycles. The molecule has 0 unspecified atom stereocenters. The molecule has 0 saturated carbocycles. The zero-order valence-electron chi connectivity index (χ0n) is 16.8. The van der Waals surface area contributed by atoms with Crippen molar-refractivity contribution >= 4 is 28.5 Å². The van der Waals surface area contributed by atoms with Crippen molar-refractivity contribution in [3.05, 3.63) is 78.3 Å². The molecule has 2 aliphatic heterocycles. The van der Waals surface area contributed by atoms with Gasteiger partial charge in [-0.3, -0.25) is 14.8 Å². The minimum atomic E-state index is -0.474. The number of nitrogens with zero attached hydrogens (tertiary/aromatic N) is 6. The SMILES string of the molecule is NC1=N[C@@]2(c3cccc(CC(=O)c4cnccn4)c3)CN(c3cnccn3)C[C@H]2CS1. The lowest BCUT2D eigenvalue weighted by atomic mass is 9.81. The first-order valence-electron chi connectivity index (χ1n) is 10.0. The number of hydrogen-bond acceptors (Lipinski definition) is 9. The summed E-state index contributed by atoms with van der Waals surface area (Å²) in [6, 6.07) is 8.10. The number of aliphatic imine (C=N–C) groups is 1. The monoisotopic (exact) mass is 431 g/mol. The predicted molar refractivity (Wildman–Crippen MR) is 120 cm³/mol. The zero-order valence-corrected chi connectivity index (χ0v) is 17.6. The lowest BCUT2D eigenvalue weighted by Crippen LogP contribution is -2.40.